The Hall–Kier alpha value is -2.36. The number of ether oxygens (including phenoxy) is 1. The zero-order valence-corrected chi connectivity index (χ0v) is 14.8. The van der Waals surface area contributed by atoms with Crippen molar-refractivity contribution in [2.75, 3.05) is 20.2 Å². The Morgan fingerprint density at radius 2 is 1.96 bits per heavy atom. The van der Waals surface area contributed by atoms with Gasteiger partial charge in [0.25, 0.3) is 0 Å². The van der Waals surface area contributed by atoms with Crippen molar-refractivity contribution in [3.63, 3.8) is 0 Å². The van der Waals surface area contributed by atoms with Gasteiger partial charge in [-0.25, -0.2) is 14.8 Å². The fourth-order valence-electron chi connectivity index (χ4n) is 3.14. The lowest BCUT2D eigenvalue weighted by molar-refractivity contribution is -0.158. The molecule has 1 saturated carbocycles. The normalized spacial score (nSPS) is 27.0. The fourth-order valence-corrected chi connectivity index (χ4v) is 3.14. The number of hydrogen-bond acceptors (Lipinski definition) is 6. The molecule has 0 aliphatic heterocycles. The molecule has 0 aromatic carbocycles. The molecule has 0 aromatic heterocycles. The van der Waals surface area contributed by atoms with Crippen LogP contribution in [-0.2, 0) is 14.3 Å². The molecule has 1 unspecified atom stereocenters. The monoisotopic (exact) mass is 357 g/mol. The minimum Gasteiger partial charge on any atom is -0.487 e. The fraction of sp³-hybridized carbons (Fsp3) is 0.733. The van der Waals surface area contributed by atoms with E-state index < -0.39 is 29.6 Å². The molecule has 1 amide bonds. The summed E-state index contributed by atoms with van der Waals surface area (Å²) in [6.45, 7) is 4.59. The quantitative estimate of drug-likeness (QED) is 0.312. The van der Waals surface area contributed by atoms with Gasteiger partial charge in [-0.3, -0.25) is 4.79 Å². The molecule has 1 fully saturated rings. The first kappa shape index (κ1) is 20.7. The number of methoxy groups -OCH3 is 1. The summed E-state index contributed by atoms with van der Waals surface area (Å²) in [6, 6.07) is -1.70. The summed E-state index contributed by atoms with van der Waals surface area (Å²) < 4.78 is 4.82. The number of aliphatic carboxylic acids is 1. The number of carboxylic acid groups (broad SMARTS) is 1. The maximum absolute atomic E-state index is 12.8. The molecule has 1 aliphatic rings. The first-order chi connectivity index (χ1) is 11.7. The Morgan fingerprint density at radius 1 is 1.36 bits per heavy atom. The molecule has 142 valence electrons. The van der Waals surface area contributed by atoms with Crippen molar-refractivity contribution in [3.8, 4) is 0 Å². The molecular weight excluding hydrogens is 330 g/mol. The number of aliphatic imine (C=N–C) groups is 2. The van der Waals surface area contributed by atoms with Crippen molar-refractivity contribution < 1.29 is 24.5 Å². The van der Waals surface area contributed by atoms with Crippen LogP contribution in [0.4, 0.5) is 0 Å². The summed E-state index contributed by atoms with van der Waals surface area (Å²) in [7, 11) is 1.39. The predicted molar refractivity (Wildman–Crippen MR) is 92.1 cm³/mol. The van der Waals surface area contributed by atoms with Gasteiger partial charge in [0.1, 0.15) is 6.04 Å². The number of hydrogen-bond donors (Lipinski definition) is 4. The third-order valence-electron chi connectivity index (χ3n) is 4.39. The molecule has 4 atom stereocenters. The number of aliphatic hydroxyl groups is 1. The highest BCUT2D eigenvalue weighted by Gasteiger charge is 2.53. The van der Waals surface area contributed by atoms with Gasteiger partial charge in [0, 0.05) is 25.4 Å². The summed E-state index contributed by atoms with van der Waals surface area (Å²) in [5.41, 5.74) is 8.84. The third kappa shape index (κ3) is 4.81. The van der Waals surface area contributed by atoms with E-state index in [1.165, 1.54) is 7.11 Å². The van der Waals surface area contributed by atoms with Crippen LogP contribution in [0.2, 0.25) is 0 Å². The van der Waals surface area contributed by atoms with Crippen LogP contribution in [-0.4, -0.2) is 77.2 Å². The highest BCUT2D eigenvalue weighted by Crippen LogP contribution is 2.40. The summed E-state index contributed by atoms with van der Waals surface area (Å²) in [6.07, 6.45) is 0.731. The van der Waals surface area contributed by atoms with Gasteiger partial charge in [0.15, 0.2) is 18.0 Å². The Bertz CT molecular complexity index is 544. The molecule has 1 aliphatic carbocycles. The largest absolute Gasteiger partial charge is 0.487 e. The maximum atomic E-state index is 12.8. The molecule has 1 rings (SSSR count). The van der Waals surface area contributed by atoms with Crippen molar-refractivity contribution in [3.05, 3.63) is 0 Å². The smallest absolute Gasteiger partial charge is 0.335 e. The second-order valence-corrected chi connectivity index (χ2v) is 5.98. The summed E-state index contributed by atoms with van der Waals surface area (Å²) in [4.78, 5) is 34.0. The van der Waals surface area contributed by atoms with Gasteiger partial charge in [0.2, 0.25) is 5.91 Å². The number of nitrogens with two attached hydrogens (primary N) is 2. The molecule has 0 spiro atoms. The highest BCUT2D eigenvalue weighted by atomic mass is 16.5. The Labute approximate surface area is 146 Å². The maximum Gasteiger partial charge on any atom is 0.335 e. The Balaban J connectivity index is 3.28. The van der Waals surface area contributed by atoms with Crippen LogP contribution >= 0.6 is 0 Å². The molecule has 0 saturated heterocycles. The average Bonchev–Trinajstić information content (AvgIpc) is 2.86. The van der Waals surface area contributed by atoms with E-state index >= 15 is 0 Å². The van der Waals surface area contributed by atoms with E-state index in [-0.39, 0.29) is 24.7 Å². The summed E-state index contributed by atoms with van der Waals surface area (Å²) in [5.74, 6) is -2.60. The molecule has 10 heteroatoms. The van der Waals surface area contributed by atoms with E-state index in [0.29, 0.717) is 13.1 Å². The number of guanidine groups is 1. The van der Waals surface area contributed by atoms with Crippen molar-refractivity contribution >= 4 is 24.2 Å². The third-order valence-corrected chi connectivity index (χ3v) is 4.39. The standard InChI is InChI=1S/C15H27N5O5/c1-4-20(5-2)12(21)11(18-8-25-3)9-6-15(24,13(22)23)7-10(9)19-14(16)17/h8-11,24H,4-7H2,1-3H3,(H,22,23)(H4,16,17,19)/t9-,10-,11?,15-/m0/s1. The van der Waals surface area contributed by atoms with Crippen LogP contribution in [0.15, 0.2) is 9.98 Å². The van der Waals surface area contributed by atoms with E-state index in [2.05, 4.69) is 9.98 Å². The van der Waals surface area contributed by atoms with E-state index in [4.69, 9.17) is 16.2 Å². The minimum atomic E-state index is -2.02. The lowest BCUT2D eigenvalue weighted by Crippen LogP contribution is -2.44. The van der Waals surface area contributed by atoms with Crippen LogP contribution in [0.3, 0.4) is 0 Å². The van der Waals surface area contributed by atoms with E-state index in [9.17, 15) is 19.8 Å². The molecule has 0 radical (unpaired) electrons. The highest BCUT2D eigenvalue weighted by molar-refractivity contribution is 5.85. The lowest BCUT2D eigenvalue weighted by atomic mass is 9.92. The Morgan fingerprint density at radius 3 is 2.40 bits per heavy atom. The topological polar surface area (TPSA) is 164 Å². The van der Waals surface area contributed by atoms with Crippen molar-refractivity contribution in [1.82, 2.24) is 4.90 Å². The molecular formula is C15H27N5O5. The van der Waals surface area contributed by atoms with Gasteiger partial charge >= 0.3 is 5.97 Å². The van der Waals surface area contributed by atoms with Gasteiger partial charge in [-0.2, -0.15) is 0 Å². The number of likely N-dealkylation sites (N-methyl/N-ethyl adjacent to an activating group) is 1. The van der Waals surface area contributed by atoms with Gasteiger partial charge in [-0.1, -0.05) is 0 Å². The number of amides is 1. The number of rotatable bonds is 8. The van der Waals surface area contributed by atoms with Crippen LogP contribution in [0, 0.1) is 5.92 Å². The first-order valence-corrected chi connectivity index (χ1v) is 8.07. The molecule has 10 nitrogen and oxygen atoms in total. The van der Waals surface area contributed by atoms with Crippen LogP contribution in [0.25, 0.3) is 0 Å². The summed E-state index contributed by atoms with van der Waals surface area (Å²) >= 11 is 0. The number of nitrogens with zero attached hydrogens (tertiary/aromatic N) is 3. The van der Waals surface area contributed by atoms with Crippen molar-refractivity contribution in [2.45, 2.75) is 44.4 Å². The lowest BCUT2D eigenvalue weighted by Gasteiger charge is -2.28. The SMILES string of the molecule is CCN(CC)C(=O)C(N=COC)[C@H]1C[C@@](O)(C(=O)O)C[C@@H]1N=C(N)N. The molecule has 25 heavy (non-hydrogen) atoms. The van der Waals surface area contributed by atoms with Gasteiger partial charge < -0.3 is 31.3 Å². The average molecular weight is 357 g/mol. The van der Waals surface area contributed by atoms with Crippen LogP contribution < -0.4 is 11.5 Å². The van der Waals surface area contributed by atoms with Crippen molar-refractivity contribution in [1.29, 1.82) is 0 Å². The summed E-state index contributed by atoms with van der Waals surface area (Å²) in [5, 5.41) is 19.7. The first-order valence-electron chi connectivity index (χ1n) is 8.07. The van der Waals surface area contributed by atoms with E-state index in [1.54, 1.807) is 4.90 Å². The number of carbonyl (C=O) groups is 2. The van der Waals surface area contributed by atoms with E-state index in [0.717, 1.165) is 6.40 Å². The second-order valence-electron chi connectivity index (χ2n) is 5.98. The van der Waals surface area contributed by atoms with Gasteiger partial charge in [0.05, 0.1) is 13.2 Å². The van der Waals surface area contributed by atoms with E-state index in [1.807, 2.05) is 13.8 Å². The van der Waals surface area contributed by atoms with Gasteiger partial charge in [-0.15, -0.1) is 0 Å². The number of carbonyl (C=O) groups excluding carboxylic acids is 1. The molecule has 6 N–H and O–H groups in total. The molecule has 0 bridgehead atoms. The predicted octanol–water partition coefficient (Wildman–Crippen LogP) is -1.23. The molecule has 0 aromatic rings. The molecule has 0 heterocycles. The minimum absolute atomic E-state index is 0.192. The van der Waals surface area contributed by atoms with Crippen LogP contribution in [0.5, 0.6) is 0 Å². The zero-order valence-electron chi connectivity index (χ0n) is 14.8. The Kier molecular flexibility index (Phi) is 7.16. The second kappa shape index (κ2) is 8.65. The van der Waals surface area contributed by atoms with Crippen molar-refractivity contribution in [2.24, 2.45) is 27.4 Å². The zero-order chi connectivity index (χ0) is 19.2. The number of carboxylic acids is 1. The van der Waals surface area contributed by atoms with Gasteiger partial charge in [-0.05, 0) is 20.3 Å². The van der Waals surface area contributed by atoms with Crippen LogP contribution in [0.1, 0.15) is 26.7 Å².